The Balaban J connectivity index is 2.37. The smallest absolute Gasteiger partial charge is 0.407 e. The van der Waals surface area contributed by atoms with E-state index in [-0.39, 0.29) is 5.41 Å². The Morgan fingerprint density at radius 1 is 1.16 bits per heavy atom. The fourth-order valence-electron chi connectivity index (χ4n) is 4.21. The number of rotatable bonds is 10. The molecule has 32 heavy (non-hydrogen) atoms. The highest BCUT2D eigenvalue weighted by Crippen LogP contribution is 2.37. The zero-order valence-corrected chi connectivity index (χ0v) is 20.2. The molecular weight excluding hydrogens is 402 g/mol. The summed E-state index contributed by atoms with van der Waals surface area (Å²) >= 11 is 0. The van der Waals surface area contributed by atoms with E-state index >= 15 is 0 Å². The molecule has 0 bridgehead atoms. The number of nitrogens with two attached hydrogens (primary N) is 1. The average molecular weight is 442 g/mol. The SMILES string of the molecule is CCCN(CCC)CC1(c2ccccc2CNC(=O)OC(C)(C)C)C=CC(C(N)=O)=CC1. The number of carbonyl (C=O) groups excluding carboxylic acids is 2. The molecule has 2 rings (SSSR count). The van der Waals surface area contributed by atoms with E-state index in [1.807, 2.05) is 51.1 Å². The van der Waals surface area contributed by atoms with Crippen LogP contribution in [0.1, 0.15) is 65.0 Å². The number of alkyl carbamates (subject to hydrolysis) is 1. The van der Waals surface area contributed by atoms with Crippen LogP contribution in [0.25, 0.3) is 0 Å². The zero-order valence-electron chi connectivity index (χ0n) is 20.2. The second kappa shape index (κ2) is 11.3. The van der Waals surface area contributed by atoms with Crippen LogP contribution in [-0.4, -0.2) is 42.1 Å². The molecule has 0 saturated heterocycles. The van der Waals surface area contributed by atoms with Gasteiger partial charge in [-0.1, -0.05) is 56.3 Å². The Bertz CT molecular complexity index is 848. The normalized spacial score (nSPS) is 18.4. The van der Waals surface area contributed by atoms with E-state index in [1.165, 1.54) is 0 Å². The van der Waals surface area contributed by atoms with Gasteiger partial charge in [-0.15, -0.1) is 0 Å². The van der Waals surface area contributed by atoms with Gasteiger partial charge in [0.15, 0.2) is 0 Å². The molecule has 1 unspecified atom stereocenters. The number of amides is 2. The number of hydrogen-bond acceptors (Lipinski definition) is 4. The first-order chi connectivity index (χ1) is 15.1. The largest absolute Gasteiger partial charge is 0.444 e. The maximum absolute atomic E-state index is 12.2. The van der Waals surface area contributed by atoms with E-state index in [9.17, 15) is 9.59 Å². The van der Waals surface area contributed by atoms with E-state index in [1.54, 1.807) is 0 Å². The first-order valence-corrected chi connectivity index (χ1v) is 11.6. The van der Waals surface area contributed by atoms with Gasteiger partial charge in [0.2, 0.25) is 5.91 Å². The number of ether oxygens (including phenoxy) is 1. The van der Waals surface area contributed by atoms with Crippen molar-refractivity contribution in [1.82, 2.24) is 10.2 Å². The summed E-state index contributed by atoms with van der Waals surface area (Å²) < 4.78 is 5.41. The zero-order chi connectivity index (χ0) is 23.8. The molecule has 1 atom stereocenters. The van der Waals surface area contributed by atoms with Crippen LogP contribution in [0.15, 0.2) is 48.1 Å². The van der Waals surface area contributed by atoms with Crippen molar-refractivity contribution in [1.29, 1.82) is 0 Å². The van der Waals surface area contributed by atoms with Crippen molar-refractivity contribution in [2.75, 3.05) is 19.6 Å². The van der Waals surface area contributed by atoms with E-state index in [0.29, 0.717) is 18.5 Å². The fourth-order valence-corrected chi connectivity index (χ4v) is 4.21. The number of hydrogen-bond donors (Lipinski definition) is 2. The van der Waals surface area contributed by atoms with Gasteiger partial charge in [-0.05, 0) is 64.3 Å². The number of primary amides is 1. The Labute approximate surface area is 192 Å². The first-order valence-electron chi connectivity index (χ1n) is 11.6. The minimum atomic E-state index is -0.548. The van der Waals surface area contributed by atoms with Gasteiger partial charge in [0.25, 0.3) is 0 Å². The average Bonchev–Trinajstić information content (AvgIpc) is 2.72. The van der Waals surface area contributed by atoms with Crippen molar-refractivity contribution >= 4 is 12.0 Å². The molecule has 0 radical (unpaired) electrons. The van der Waals surface area contributed by atoms with Crippen LogP contribution in [0.3, 0.4) is 0 Å². The predicted molar refractivity (Wildman–Crippen MR) is 129 cm³/mol. The van der Waals surface area contributed by atoms with Crippen LogP contribution in [0.5, 0.6) is 0 Å². The molecule has 2 amide bonds. The lowest BCUT2D eigenvalue weighted by atomic mass is 9.72. The lowest BCUT2D eigenvalue weighted by molar-refractivity contribution is -0.114. The van der Waals surface area contributed by atoms with Gasteiger partial charge in [0.05, 0.1) is 0 Å². The van der Waals surface area contributed by atoms with Crippen LogP contribution in [-0.2, 0) is 21.5 Å². The van der Waals surface area contributed by atoms with E-state index in [2.05, 4.69) is 36.2 Å². The highest BCUT2D eigenvalue weighted by molar-refractivity contribution is 5.95. The van der Waals surface area contributed by atoms with Crippen LogP contribution >= 0.6 is 0 Å². The van der Waals surface area contributed by atoms with Gasteiger partial charge in [0.1, 0.15) is 5.60 Å². The summed E-state index contributed by atoms with van der Waals surface area (Å²) in [5.41, 5.74) is 7.39. The molecule has 0 aromatic heterocycles. The van der Waals surface area contributed by atoms with E-state index < -0.39 is 17.6 Å². The Hall–Kier alpha value is -2.60. The molecule has 6 nitrogen and oxygen atoms in total. The lowest BCUT2D eigenvalue weighted by Crippen LogP contribution is -2.42. The Morgan fingerprint density at radius 3 is 2.34 bits per heavy atom. The Kier molecular flexibility index (Phi) is 9.08. The van der Waals surface area contributed by atoms with Gasteiger partial charge in [-0.3, -0.25) is 4.79 Å². The minimum Gasteiger partial charge on any atom is -0.444 e. The summed E-state index contributed by atoms with van der Waals surface area (Å²) in [6.45, 7) is 13.1. The molecule has 6 heteroatoms. The summed E-state index contributed by atoms with van der Waals surface area (Å²) in [4.78, 5) is 26.4. The number of nitrogens with one attached hydrogen (secondary N) is 1. The molecule has 3 N–H and O–H groups in total. The predicted octanol–water partition coefficient (Wildman–Crippen LogP) is 4.44. The summed E-state index contributed by atoms with van der Waals surface area (Å²) in [6, 6.07) is 8.17. The van der Waals surface area contributed by atoms with E-state index in [4.69, 9.17) is 10.5 Å². The second-order valence-electron chi connectivity index (χ2n) is 9.51. The van der Waals surface area contributed by atoms with Crippen LogP contribution in [0.4, 0.5) is 4.79 Å². The molecule has 1 aromatic rings. The number of benzene rings is 1. The van der Waals surface area contributed by atoms with Gasteiger partial charge in [-0.25, -0.2) is 4.79 Å². The van der Waals surface area contributed by atoms with Gasteiger partial charge in [-0.2, -0.15) is 0 Å². The third kappa shape index (κ3) is 7.23. The number of nitrogens with zero attached hydrogens (tertiary/aromatic N) is 1. The Morgan fingerprint density at radius 2 is 1.81 bits per heavy atom. The monoisotopic (exact) mass is 441 g/mol. The van der Waals surface area contributed by atoms with Crippen LogP contribution in [0.2, 0.25) is 0 Å². The number of carbonyl (C=O) groups is 2. The summed E-state index contributed by atoms with van der Waals surface area (Å²) in [6.07, 6.45) is 8.30. The fraction of sp³-hybridized carbons (Fsp3) is 0.538. The lowest BCUT2D eigenvalue weighted by Gasteiger charge is -2.39. The van der Waals surface area contributed by atoms with Gasteiger partial charge < -0.3 is 20.7 Å². The molecule has 1 aliphatic rings. The highest BCUT2D eigenvalue weighted by Gasteiger charge is 2.35. The molecule has 1 aromatic carbocycles. The second-order valence-corrected chi connectivity index (χ2v) is 9.51. The minimum absolute atomic E-state index is 0.310. The van der Waals surface area contributed by atoms with Crippen LogP contribution < -0.4 is 11.1 Å². The van der Waals surface area contributed by atoms with Crippen molar-refractivity contribution in [2.45, 2.75) is 71.4 Å². The summed E-state index contributed by atoms with van der Waals surface area (Å²) in [5.74, 6) is -0.409. The molecule has 176 valence electrons. The van der Waals surface area contributed by atoms with Gasteiger partial charge >= 0.3 is 6.09 Å². The molecule has 1 aliphatic carbocycles. The molecule has 0 spiro atoms. The van der Waals surface area contributed by atoms with Gasteiger partial charge in [0, 0.05) is 24.1 Å². The third-order valence-corrected chi connectivity index (χ3v) is 5.51. The molecule has 0 saturated carbocycles. The quantitative estimate of drug-likeness (QED) is 0.562. The van der Waals surface area contributed by atoms with Crippen molar-refractivity contribution in [3.05, 3.63) is 59.2 Å². The topological polar surface area (TPSA) is 84.7 Å². The van der Waals surface area contributed by atoms with Crippen molar-refractivity contribution in [3.63, 3.8) is 0 Å². The maximum Gasteiger partial charge on any atom is 0.407 e. The van der Waals surface area contributed by atoms with Crippen molar-refractivity contribution < 1.29 is 14.3 Å². The standard InChI is InChI=1S/C26H39N3O3/c1-6-16-29(17-7-2)19-26(14-12-20(13-15-26)23(27)30)22-11-9-8-10-21(22)18-28-24(31)32-25(3,4)5/h8-14H,6-7,15-19H2,1-5H3,(H2,27,30)(H,28,31). The third-order valence-electron chi connectivity index (χ3n) is 5.51. The van der Waals surface area contributed by atoms with Crippen LogP contribution in [0, 0.1) is 0 Å². The summed E-state index contributed by atoms with van der Waals surface area (Å²) in [7, 11) is 0. The summed E-state index contributed by atoms with van der Waals surface area (Å²) in [5, 5.41) is 2.89. The molecule has 0 heterocycles. The van der Waals surface area contributed by atoms with E-state index in [0.717, 1.165) is 43.6 Å². The highest BCUT2D eigenvalue weighted by atomic mass is 16.6. The first kappa shape index (κ1) is 25.7. The molecular formula is C26H39N3O3. The number of allylic oxidation sites excluding steroid dienone is 1. The van der Waals surface area contributed by atoms with Crippen molar-refractivity contribution in [3.8, 4) is 0 Å². The molecule has 0 fully saturated rings. The molecule has 0 aliphatic heterocycles. The van der Waals surface area contributed by atoms with Crippen molar-refractivity contribution in [2.24, 2.45) is 5.73 Å². The maximum atomic E-state index is 12.2.